The predicted molar refractivity (Wildman–Crippen MR) is 97.2 cm³/mol. The molecule has 4 rings (SSSR count). The number of allylic oxidation sites excluding steroid dienone is 2. The van der Waals surface area contributed by atoms with Gasteiger partial charge in [-0.15, -0.1) is 0 Å². The highest BCUT2D eigenvalue weighted by Gasteiger charge is 2.40. The number of fused-ring (bicyclic) bond motifs is 3. The maximum absolute atomic E-state index is 11.9. The van der Waals surface area contributed by atoms with E-state index in [0.29, 0.717) is 11.1 Å². The number of nitrogens with zero attached hydrogens (tertiary/aromatic N) is 1. The minimum absolute atomic E-state index is 0.112. The van der Waals surface area contributed by atoms with Crippen molar-refractivity contribution in [2.24, 2.45) is 5.92 Å². The largest absolute Gasteiger partial charge is 0.465 e. The summed E-state index contributed by atoms with van der Waals surface area (Å²) in [5, 5.41) is 14.9. The van der Waals surface area contributed by atoms with Gasteiger partial charge in [-0.3, -0.25) is 10.1 Å². The first-order chi connectivity index (χ1) is 12.6. The molecule has 132 valence electrons. The molecule has 2 aliphatic rings. The van der Waals surface area contributed by atoms with Crippen LogP contribution in [0.15, 0.2) is 54.6 Å². The first-order valence-corrected chi connectivity index (χ1v) is 8.49. The Morgan fingerprint density at radius 2 is 2.04 bits per heavy atom. The summed E-state index contributed by atoms with van der Waals surface area (Å²) in [6, 6.07) is 12.1. The molecule has 0 amide bonds. The van der Waals surface area contributed by atoms with E-state index in [4.69, 9.17) is 4.74 Å². The Balaban J connectivity index is 1.79. The number of hydrogen-bond donors (Lipinski definition) is 1. The predicted octanol–water partition coefficient (Wildman–Crippen LogP) is 4.21. The van der Waals surface area contributed by atoms with Gasteiger partial charge in [0.15, 0.2) is 0 Å². The number of methoxy groups -OCH3 is 1. The lowest BCUT2D eigenvalue weighted by molar-refractivity contribution is -0.385. The van der Waals surface area contributed by atoms with Crippen molar-refractivity contribution in [3.8, 4) is 0 Å². The molecule has 1 aliphatic heterocycles. The van der Waals surface area contributed by atoms with Crippen LogP contribution in [0.25, 0.3) is 0 Å². The monoisotopic (exact) mass is 350 g/mol. The summed E-state index contributed by atoms with van der Waals surface area (Å²) in [5.41, 5.74) is 3.26. The molecule has 2 aromatic rings. The van der Waals surface area contributed by atoms with Crippen LogP contribution in [-0.2, 0) is 4.74 Å². The van der Waals surface area contributed by atoms with Gasteiger partial charge >= 0.3 is 5.97 Å². The lowest BCUT2D eigenvalue weighted by atomic mass is 9.76. The fourth-order valence-electron chi connectivity index (χ4n) is 4.06. The number of para-hydroxylation sites is 1. The molecule has 0 spiro atoms. The standard InChI is InChI=1S/C20H18N2O4/c1-26-20(23)12-9-10-17-16(11-12)13-6-4-7-14(13)19(21-17)15-5-2-3-8-18(15)22(24)25/h2-6,8-11,13-14,19,21H,7H2,1H3/t13-,14-,19-/m1/s1. The minimum atomic E-state index is -0.368. The average molecular weight is 350 g/mol. The molecule has 3 atom stereocenters. The van der Waals surface area contributed by atoms with Gasteiger partial charge in [0.05, 0.1) is 29.2 Å². The van der Waals surface area contributed by atoms with E-state index >= 15 is 0 Å². The summed E-state index contributed by atoms with van der Waals surface area (Å²) >= 11 is 0. The van der Waals surface area contributed by atoms with E-state index in [0.717, 1.165) is 17.7 Å². The van der Waals surface area contributed by atoms with Gasteiger partial charge in [0.1, 0.15) is 0 Å². The van der Waals surface area contributed by atoms with Crippen molar-refractivity contribution in [2.75, 3.05) is 12.4 Å². The first-order valence-electron chi connectivity index (χ1n) is 8.49. The number of rotatable bonds is 3. The molecule has 2 aromatic carbocycles. The van der Waals surface area contributed by atoms with Crippen LogP contribution >= 0.6 is 0 Å². The van der Waals surface area contributed by atoms with Gasteiger partial charge in [0.2, 0.25) is 0 Å². The molecule has 6 heteroatoms. The smallest absolute Gasteiger partial charge is 0.337 e. The number of nitro groups is 1. The third kappa shape index (κ3) is 2.54. The molecule has 0 bridgehead atoms. The van der Waals surface area contributed by atoms with E-state index in [9.17, 15) is 14.9 Å². The van der Waals surface area contributed by atoms with Crippen LogP contribution in [0.2, 0.25) is 0 Å². The van der Waals surface area contributed by atoms with E-state index in [1.807, 2.05) is 24.3 Å². The number of carbonyl (C=O) groups excluding carboxylic acids is 1. The highest BCUT2D eigenvalue weighted by atomic mass is 16.6. The molecular weight excluding hydrogens is 332 g/mol. The second-order valence-electron chi connectivity index (χ2n) is 6.59. The number of nitrogens with one attached hydrogen (secondary N) is 1. The van der Waals surface area contributed by atoms with Crippen molar-refractivity contribution in [1.82, 2.24) is 0 Å². The Morgan fingerprint density at radius 1 is 1.23 bits per heavy atom. The van der Waals surface area contributed by atoms with E-state index in [1.54, 1.807) is 18.2 Å². The van der Waals surface area contributed by atoms with Gasteiger partial charge in [0, 0.05) is 17.7 Å². The van der Waals surface area contributed by atoms with Gasteiger partial charge < -0.3 is 10.1 Å². The molecule has 0 aromatic heterocycles. The third-order valence-corrected chi connectivity index (χ3v) is 5.25. The van der Waals surface area contributed by atoms with Gasteiger partial charge in [-0.05, 0) is 36.1 Å². The Morgan fingerprint density at radius 3 is 2.81 bits per heavy atom. The molecule has 1 heterocycles. The SMILES string of the molecule is COC(=O)c1ccc2c(c1)[C@@H]1C=CC[C@H]1[C@H](c1ccccc1[N+](=O)[O-])N2. The summed E-state index contributed by atoms with van der Waals surface area (Å²) in [6.07, 6.45) is 5.07. The lowest BCUT2D eigenvalue weighted by Gasteiger charge is -2.37. The molecular formula is C20H18N2O4. The number of nitro benzene ring substituents is 1. The maximum Gasteiger partial charge on any atom is 0.337 e. The summed E-state index contributed by atoms with van der Waals surface area (Å²) < 4.78 is 4.82. The zero-order chi connectivity index (χ0) is 18.3. The summed E-state index contributed by atoms with van der Waals surface area (Å²) in [5.74, 6) is -0.0932. The minimum Gasteiger partial charge on any atom is -0.465 e. The van der Waals surface area contributed by atoms with Crippen molar-refractivity contribution < 1.29 is 14.5 Å². The molecule has 1 N–H and O–H groups in total. The number of esters is 1. The molecule has 0 unspecified atom stereocenters. The maximum atomic E-state index is 11.9. The van der Waals surface area contributed by atoms with Crippen molar-refractivity contribution >= 4 is 17.3 Å². The zero-order valence-electron chi connectivity index (χ0n) is 14.2. The van der Waals surface area contributed by atoms with Crippen molar-refractivity contribution in [2.45, 2.75) is 18.4 Å². The third-order valence-electron chi connectivity index (χ3n) is 5.25. The highest BCUT2D eigenvalue weighted by Crippen LogP contribution is 2.51. The molecule has 0 saturated heterocycles. The fraction of sp³-hybridized carbons (Fsp3) is 0.250. The summed E-state index contributed by atoms with van der Waals surface area (Å²) in [7, 11) is 1.36. The second kappa shape index (κ2) is 6.29. The van der Waals surface area contributed by atoms with E-state index in [-0.39, 0.29) is 34.5 Å². The number of anilines is 1. The van der Waals surface area contributed by atoms with Crippen molar-refractivity contribution in [3.05, 3.63) is 81.4 Å². The van der Waals surface area contributed by atoms with E-state index in [1.165, 1.54) is 7.11 Å². The van der Waals surface area contributed by atoms with Gasteiger partial charge in [-0.25, -0.2) is 4.79 Å². The van der Waals surface area contributed by atoms with Crippen LogP contribution in [0.4, 0.5) is 11.4 Å². The van der Waals surface area contributed by atoms with Crippen LogP contribution in [-0.4, -0.2) is 18.0 Å². The molecule has 0 radical (unpaired) electrons. The van der Waals surface area contributed by atoms with Crippen LogP contribution in [0, 0.1) is 16.0 Å². The van der Waals surface area contributed by atoms with Crippen LogP contribution in [0.1, 0.15) is 39.9 Å². The van der Waals surface area contributed by atoms with Crippen molar-refractivity contribution in [1.29, 1.82) is 0 Å². The highest BCUT2D eigenvalue weighted by molar-refractivity contribution is 5.90. The molecule has 26 heavy (non-hydrogen) atoms. The Kier molecular flexibility index (Phi) is 3.95. The topological polar surface area (TPSA) is 81.5 Å². The quantitative estimate of drug-likeness (QED) is 0.388. The normalized spacial score (nSPS) is 22.9. The van der Waals surface area contributed by atoms with Crippen LogP contribution in [0.5, 0.6) is 0 Å². The van der Waals surface area contributed by atoms with Gasteiger partial charge in [-0.1, -0.05) is 30.4 Å². The van der Waals surface area contributed by atoms with E-state index in [2.05, 4.69) is 17.5 Å². The van der Waals surface area contributed by atoms with Crippen LogP contribution in [0.3, 0.4) is 0 Å². The summed E-state index contributed by atoms with van der Waals surface area (Å²) in [4.78, 5) is 23.0. The zero-order valence-corrected chi connectivity index (χ0v) is 14.2. The number of hydrogen-bond acceptors (Lipinski definition) is 5. The molecule has 0 saturated carbocycles. The lowest BCUT2D eigenvalue weighted by Crippen LogP contribution is -2.29. The Hall–Kier alpha value is -3.15. The van der Waals surface area contributed by atoms with Crippen molar-refractivity contribution in [3.63, 3.8) is 0 Å². The average Bonchev–Trinajstić information content (AvgIpc) is 3.16. The second-order valence-corrected chi connectivity index (χ2v) is 6.59. The summed E-state index contributed by atoms with van der Waals surface area (Å²) in [6.45, 7) is 0. The van der Waals surface area contributed by atoms with Gasteiger partial charge in [-0.2, -0.15) is 0 Å². The van der Waals surface area contributed by atoms with E-state index < -0.39 is 0 Å². The van der Waals surface area contributed by atoms with Crippen LogP contribution < -0.4 is 5.32 Å². The molecule has 0 fully saturated rings. The van der Waals surface area contributed by atoms with Gasteiger partial charge in [0.25, 0.3) is 5.69 Å². The Bertz CT molecular complexity index is 922. The first kappa shape index (κ1) is 16.3. The fourth-order valence-corrected chi connectivity index (χ4v) is 4.06. The number of carbonyl (C=O) groups is 1. The number of benzene rings is 2. The number of ether oxygens (including phenoxy) is 1. The molecule has 6 nitrogen and oxygen atoms in total. The Labute approximate surface area is 150 Å². The molecule has 1 aliphatic carbocycles.